The molecule has 5 heteroatoms. The first-order valence-corrected chi connectivity index (χ1v) is 8.28. The molecule has 1 aliphatic carbocycles. The highest BCUT2D eigenvalue weighted by Gasteiger charge is 2.45. The largest absolute Gasteiger partial charge is 0.480 e. The minimum absolute atomic E-state index is 0.280. The lowest BCUT2D eigenvalue weighted by Gasteiger charge is -2.33. The smallest absolute Gasteiger partial charge is 0.320 e. The molecule has 1 saturated heterocycles. The van der Waals surface area contributed by atoms with E-state index in [2.05, 4.69) is 20.8 Å². The summed E-state index contributed by atoms with van der Waals surface area (Å²) in [4.78, 5) is 13.7. The number of carboxylic acids is 1. The van der Waals surface area contributed by atoms with Gasteiger partial charge in [-0.15, -0.1) is 0 Å². The van der Waals surface area contributed by atoms with Crippen molar-refractivity contribution in [2.45, 2.75) is 50.7 Å². The summed E-state index contributed by atoms with van der Waals surface area (Å²) < 4.78 is 13.9. The topological polar surface area (TPSA) is 40.5 Å². The van der Waals surface area contributed by atoms with Gasteiger partial charge in [0.15, 0.2) is 0 Å². The van der Waals surface area contributed by atoms with E-state index < -0.39 is 12.0 Å². The molecule has 0 spiro atoms. The van der Waals surface area contributed by atoms with Gasteiger partial charge in [0.25, 0.3) is 0 Å². The molecule has 1 N–H and O–H groups in total. The molecule has 3 atom stereocenters. The van der Waals surface area contributed by atoms with Gasteiger partial charge in [-0.25, -0.2) is 4.39 Å². The van der Waals surface area contributed by atoms with Gasteiger partial charge in [-0.05, 0) is 42.9 Å². The highest BCUT2D eigenvalue weighted by Crippen LogP contribution is 2.41. The third-order valence-corrected chi connectivity index (χ3v) is 5.61. The fourth-order valence-electron chi connectivity index (χ4n) is 3.87. The lowest BCUT2D eigenvalue weighted by Crippen LogP contribution is -2.41. The molecular formula is C16H19BrFNO2. The monoisotopic (exact) mass is 355 g/mol. The summed E-state index contributed by atoms with van der Waals surface area (Å²) in [7, 11) is 0. The first-order valence-electron chi connectivity index (χ1n) is 7.48. The van der Waals surface area contributed by atoms with Crippen LogP contribution < -0.4 is 0 Å². The Morgan fingerprint density at radius 2 is 2.14 bits per heavy atom. The minimum atomic E-state index is -0.734. The lowest BCUT2D eigenvalue weighted by atomic mass is 9.84. The fraction of sp³-hybridized carbons (Fsp3) is 0.562. The van der Waals surface area contributed by atoms with Crippen molar-refractivity contribution in [2.75, 3.05) is 0 Å². The van der Waals surface area contributed by atoms with E-state index in [1.54, 1.807) is 6.07 Å². The quantitative estimate of drug-likeness (QED) is 0.896. The van der Waals surface area contributed by atoms with Crippen LogP contribution in [0, 0.1) is 11.7 Å². The van der Waals surface area contributed by atoms with Crippen LogP contribution in [0.15, 0.2) is 22.7 Å². The van der Waals surface area contributed by atoms with Crippen molar-refractivity contribution in [1.82, 2.24) is 4.90 Å². The zero-order valence-corrected chi connectivity index (χ0v) is 13.4. The first-order chi connectivity index (χ1) is 10.1. The maximum atomic E-state index is 13.2. The van der Waals surface area contributed by atoms with E-state index in [1.807, 2.05) is 0 Å². The molecule has 3 nitrogen and oxygen atoms in total. The van der Waals surface area contributed by atoms with Crippen LogP contribution in [0.1, 0.15) is 37.7 Å². The number of aliphatic carboxylic acids is 1. The van der Waals surface area contributed by atoms with E-state index in [4.69, 9.17) is 0 Å². The predicted molar refractivity (Wildman–Crippen MR) is 81.4 cm³/mol. The van der Waals surface area contributed by atoms with Crippen molar-refractivity contribution in [2.24, 2.45) is 5.92 Å². The lowest BCUT2D eigenvalue weighted by molar-refractivity contribution is -0.142. The van der Waals surface area contributed by atoms with Gasteiger partial charge in [-0.1, -0.05) is 34.8 Å². The standard InChI is InChI=1S/C16H19BrFNO2/c17-13-8-12(18)6-5-11(13)9-19-14-4-2-1-3-10(14)7-15(19)16(20)21/h5-6,8,10,14-15H,1-4,7,9H2,(H,20,21). The molecule has 2 fully saturated rings. The molecule has 1 saturated carbocycles. The molecule has 1 aliphatic heterocycles. The summed E-state index contributed by atoms with van der Waals surface area (Å²) in [6.07, 6.45) is 5.35. The maximum Gasteiger partial charge on any atom is 0.320 e. The van der Waals surface area contributed by atoms with Gasteiger partial charge in [0.1, 0.15) is 11.9 Å². The molecule has 0 radical (unpaired) electrons. The van der Waals surface area contributed by atoms with Crippen molar-refractivity contribution in [3.05, 3.63) is 34.1 Å². The van der Waals surface area contributed by atoms with E-state index in [1.165, 1.54) is 25.0 Å². The summed E-state index contributed by atoms with van der Waals surface area (Å²) in [6.45, 7) is 0.568. The van der Waals surface area contributed by atoms with E-state index in [9.17, 15) is 14.3 Å². The van der Waals surface area contributed by atoms with Gasteiger partial charge in [-0.2, -0.15) is 0 Å². The van der Waals surface area contributed by atoms with Crippen LogP contribution in [0.25, 0.3) is 0 Å². The maximum absolute atomic E-state index is 13.2. The second-order valence-corrected chi connectivity index (χ2v) is 6.96. The molecule has 1 aromatic rings. The van der Waals surface area contributed by atoms with Crippen LogP contribution in [0.3, 0.4) is 0 Å². The Hall–Kier alpha value is -0.940. The Bertz CT molecular complexity index is 551. The van der Waals surface area contributed by atoms with Crippen molar-refractivity contribution < 1.29 is 14.3 Å². The number of benzene rings is 1. The summed E-state index contributed by atoms with van der Waals surface area (Å²) in [5.74, 6) is -0.515. The molecular weight excluding hydrogens is 337 g/mol. The van der Waals surface area contributed by atoms with Gasteiger partial charge >= 0.3 is 5.97 Å². The Morgan fingerprint density at radius 1 is 1.38 bits per heavy atom. The van der Waals surface area contributed by atoms with Crippen molar-refractivity contribution in [3.63, 3.8) is 0 Å². The Labute approximate surface area is 132 Å². The number of nitrogens with zero attached hydrogens (tertiary/aromatic N) is 1. The molecule has 1 heterocycles. The van der Waals surface area contributed by atoms with E-state index in [-0.39, 0.29) is 5.82 Å². The molecule has 2 aliphatic rings. The Kier molecular flexibility index (Phi) is 4.31. The van der Waals surface area contributed by atoms with E-state index >= 15 is 0 Å². The molecule has 0 aromatic heterocycles. The normalized spacial score (nSPS) is 29.3. The number of carbonyl (C=O) groups is 1. The van der Waals surface area contributed by atoms with Crippen molar-refractivity contribution in [3.8, 4) is 0 Å². The van der Waals surface area contributed by atoms with Gasteiger partial charge in [0, 0.05) is 17.1 Å². The molecule has 0 amide bonds. The van der Waals surface area contributed by atoms with Crippen LogP contribution in [0.4, 0.5) is 4.39 Å². The van der Waals surface area contributed by atoms with Gasteiger partial charge in [0.05, 0.1) is 0 Å². The molecule has 0 bridgehead atoms. The van der Waals surface area contributed by atoms with Crippen LogP contribution >= 0.6 is 15.9 Å². The SMILES string of the molecule is O=C(O)C1CC2CCCCC2N1Cc1ccc(F)cc1Br. The molecule has 1 aromatic carbocycles. The highest BCUT2D eigenvalue weighted by molar-refractivity contribution is 9.10. The Balaban J connectivity index is 1.84. The first kappa shape index (κ1) is 15.0. The number of fused-ring (bicyclic) bond motifs is 1. The fourth-order valence-corrected chi connectivity index (χ4v) is 4.35. The van der Waals surface area contributed by atoms with Gasteiger partial charge in [-0.3, -0.25) is 9.69 Å². The third kappa shape index (κ3) is 2.99. The number of hydrogen-bond acceptors (Lipinski definition) is 2. The van der Waals surface area contributed by atoms with Crippen molar-refractivity contribution >= 4 is 21.9 Å². The summed E-state index contributed by atoms with van der Waals surface area (Å²) in [5.41, 5.74) is 0.953. The van der Waals surface area contributed by atoms with E-state index in [0.717, 1.165) is 24.8 Å². The minimum Gasteiger partial charge on any atom is -0.480 e. The Morgan fingerprint density at radius 3 is 2.86 bits per heavy atom. The van der Waals surface area contributed by atoms with Gasteiger partial charge < -0.3 is 5.11 Å². The summed E-state index contributed by atoms with van der Waals surface area (Å²) in [6, 6.07) is 4.57. The van der Waals surface area contributed by atoms with Crippen LogP contribution in [-0.2, 0) is 11.3 Å². The second kappa shape index (κ2) is 6.05. The van der Waals surface area contributed by atoms with Crippen LogP contribution in [0.5, 0.6) is 0 Å². The number of carboxylic acid groups (broad SMARTS) is 1. The molecule has 3 unspecified atom stereocenters. The van der Waals surface area contributed by atoms with Crippen LogP contribution in [0.2, 0.25) is 0 Å². The van der Waals surface area contributed by atoms with E-state index in [0.29, 0.717) is 23.0 Å². The number of hydrogen-bond donors (Lipinski definition) is 1. The van der Waals surface area contributed by atoms with Gasteiger partial charge in [0.2, 0.25) is 0 Å². The number of halogens is 2. The van der Waals surface area contributed by atoms with Crippen molar-refractivity contribution in [1.29, 1.82) is 0 Å². The summed E-state index contributed by atoms with van der Waals surface area (Å²) >= 11 is 3.39. The number of rotatable bonds is 3. The average Bonchev–Trinajstić information content (AvgIpc) is 2.81. The number of likely N-dealkylation sites (tertiary alicyclic amines) is 1. The third-order valence-electron chi connectivity index (χ3n) is 4.87. The molecule has 3 rings (SSSR count). The summed E-state index contributed by atoms with van der Waals surface area (Å²) in [5, 5.41) is 9.51. The predicted octanol–water partition coefficient (Wildman–Crippen LogP) is 3.81. The zero-order valence-electron chi connectivity index (χ0n) is 11.8. The molecule has 114 valence electrons. The van der Waals surface area contributed by atoms with Crippen LogP contribution in [-0.4, -0.2) is 28.1 Å². The second-order valence-electron chi connectivity index (χ2n) is 6.11. The zero-order chi connectivity index (χ0) is 15.0. The average molecular weight is 356 g/mol. The molecule has 21 heavy (non-hydrogen) atoms. The highest BCUT2D eigenvalue weighted by atomic mass is 79.9.